The fraction of sp³-hybridized carbons (Fsp3) is 0.444. The molecule has 2 heterocycles. The van der Waals surface area contributed by atoms with Gasteiger partial charge in [0.05, 0.1) is 5.69 Å². The molecular weight excluding hydrogens is 392 g/mol. The van der Waals surface area contributed by atoms with E-state index in [0.717, 1.165) is 22.0 Å². The Balaban J connectivity index is 1.61. The number of piperidine rings is 1. The molecule has 1 saturated heterocycles. The molecule has 1 fully saturated rings. The van der Waals surface area contributed by atoms with Gasteiger partial charge in [-0.1, -0.05) is 5.16 Å². The molecule has 152 valence electrons. The summed E-state index contributed by atoms with van der Waals surface area (Å²) in [4.78, 5) is 11.7. The zero-order chi connectivity index (χ0) is 20.5. The van der Waals surface area contributed by atoms with Gasteiger partial charge in [0.1, 0.15) is 22.3 Å². The third kappa shape index (κ3) is 4.07. The van der Waals surface area contributed by atoms with Gasteiger partial charge in [0.15, 0.2) is 0 Å². The van der Waals surface area contributed by atoms with Crippen LogP contribution in [0.2, 0.25) is 0 Å². The number of rotatable bonds is 5. The molecule has 0 saturated carbocycles. The van der Waals surface area contributed by atoms with Crippen molar-refractivity contribution in [3.63, 3.8) is 0 Å². The van der Waals surface area contributed by atoms with Crippen molar-refractivity contribution < 1.29 is 26.5 Å². The van der Waals surface area contributed by atoms with Crippen LogP contribution in [0.1, 0.15) is 29.9 Å². The number of sulfonamides is 1. The van der Waals surface area contributed by atoms with Crippen molar-refractivity contribution in [1.82, 2.24) is 14.8 Å². The minimum Gasteiger partial charge on any atom is -0.361 e. The van der Waals surface area contributed by atoms with E-state index in [1.54, 1.807) is 13.8 Å². The summed E-state index contributed by atoms with van der Waals surface area (Å²) in [6, 6.07) is 2.33. The minimum atomic E-state index is -4.16. The number of aromatic nitrogens is 1. The number of hydrogen-bond donors (Lipinski definition) is 1. The minimum absolute atomic E-state index is 0.0572. The van der Waals surface area contributed by atoms with Gasteiger partial charge in [0.2, 0.25) is 15.9 Å². The fourth-order valence-corrected chi connectivity index (χ4v) is 4.79. The van der Waals surface area contributed by atoms with Gasteiger partial charge < -0.3 is 9.84 Å². The largest absolute Gasteiger partial charge is 0.361 e. The maximum absolute atomic E-state index is 13.9. The first-order valence-corrected chi connectivity index (χ1v) is 10.3. The SMILES string of the molecule is Cc1noc(C)c1CNC(=O)C1CCN(S(=O)(=O)c2cc(F)ccc2F)CC1. The van der Waals surface area contributed by atoms with Crippen LogP contribution in [0.5, 0.6) is 0 Å². The second-order valence-corrected chi connectivity index (χ2v) is 8.68. The lowest BCUT2D eigenvalue weighted by Crippen LogP contribution is -2.43. The number of benzene rings is 1. The molecule has 0 unspecified atom stereocenters. The molecule has 0 radical (unpaired) electrons. The van der Waals surface area contributed by atoms with Crippen LogP contribution in [0.15, 0.2) is 27.6 Å². The first-order chi connectivity index (χ1) is 13.2. The van der Waals surface area contributed by atoms with E-state index in [1.165, 1.54) is 0 Å². The average Bonchev–Trinajstić information content (AvgIpc) is 2.99. The number of nitrogens with zero attached hydrogens (tertiary/aromatic N) is 2. The normalized spacial score (nSPS) is 16.3. The average molecular weight is 413 g/mol. The number of hydrogen-bond acceptors (Lipinski definition) is 5. The standard InChI is InChI=1S/C18H21F2N3O4S/c1-11-15(12(2)27-22-11)10-21-18(24)13-5-7-23(8-6-13)28(25,26)17-9-14(19)3-4-16(17)20/h3-4,9,13H,5-8,10H2,1-2H3,(H,21,24). The van der Waals surface area contributed by atoms with Crippen molar-refractivity contribution >= 4 is 15.9 Å². The number of carbonyl (C=O) groups is 1. The van der Waals surface area contributed by atoms with E-state index in [-0.39, 0.29) is 31.5 Å². The topological polar surface area (TPSA) is 92.5 Å². The van der Waals surface area contributed by atoms with Gasteiger partial charge in [-0.2, -0.15) is 4.31 Å². The number of nitrogens with one attached hydrogen (secondary N) is 1. The molecule has 0 atom stereocenters. The molecule has 1 N–H and O–H groups in total. The summed E-state index contributed by atoms with van der Waals surface area (Å²) in [5.74, 6) is -1.73. The molecule has 1 aliphatic heterocycles. The Morgan fingerprint density at radius 1 is 1.29 bits per heavy atom. The van der Waals surface area contributed by atoms with Gasteiger partial charge in [0.25, 0.3) is 0 Å². The van der Waals surface area contributed by atoms with Crippen molar-refractivity contribution in [3.05, 3.63) is 46.9 Å². The molecule has 7 nitrogen and oxygen atoms in total. The Morgan fingerprint density at radius 2 is 1.96 bits per heavy atom. The third-order valence-corrected chi connectivity index (χ3v) is 6.87. The summed E-state index contributed by atoms with van der Waals surface area (Å²) in [5, 5.41) is 6.65. The van der Waals surface area contributed by atoms with Crippen LogP contribution >= 0.6 is 0 Å². The molecule has 0 bridgehead atoms. The number of carbonyl (C=O) groups excluding carboxylic acids is 1. The third-order valence-electron chi connectivity index (χ3n) is 4.96. The lowest BCUT2D eigenvalue weighted by atomic mass is 9.97. The van der Waals surface area contributed by atoms with Crippen LogP contribution in [0, 0.1) is 31.4 Å². The Hall–Kier alpha value is -2.33. The summed E-state index contributed by atoms with van der Waals surface area (Å²) in [6.07, 6.45) is 0.590. The smallest absolute Gasteiger partial charge is 0.246 e. The van der Waals surface area contributed by atoms with E-state index in [2.05, 4.69) is 10.5 Å². The zero-order valence-corrected chi connectivity index (χ0v) is 16.4. The molecular formula is C18H21F2N3O4S. The molecule has 2 aromatic rings. The van der Waals surface area contributed by atoms with Crippen molar-refractivity contribution in [2.75, 3.05) is 13.1 Å². The molecule has 1 aromatic heterocycles. The van der Waals surface area contributed by atoms with E-state index < -0.39 is 26.6 Å². The molecule has 10 heteroatoms. The highest BCUT2D eigenvalue weighted by Crippen LogP contribution is 2.26. The molecule has 1 aliphatic rings. The number of aryl methyl sites for hydroxylation is 2. The van der Waals surface area contributed by atoms with Gasteiger partial charge in [-0.3, -0.25) is 4.79 Å². The second-order valence-electron chi connectivity index (χ2n) is 6.77. The Bertz CT molecular complexity index is 963. The summed E-state index contributed by atoms with van der Waals surface area (Å²) in [5.41, 5.74) is 1.52. The number of halogens is 2. The highest BCUT2D eigenvalue weighted by atomic mass is 32.2. The predicted octanol–water partition coefficient (Wildman–Crippen LogP) is 2.29. The lowest BCUT2D eigenvalue weighted by Gasteiger charge is -2.30. The van der Waals surface area contributed by atoms with Gasteiger partial charge >= 0.3 is 0 Å². The van der Waals surface area contributed by atoms with E-state index in [4.69, 9.17) is 4.52 Å². The Morgan fingerprint density at radius 3 is 2.57 bits per heavy atom. The van der Waals surface area contributed by atoms with Crippen molar-refractivity contribution in [3.8, 4) is 0 Å². The summed E-state index contributed by atoms with van der Waals surface area (Å²) >= 11 is 0. The molecule has 28 heavy (non-hydrogen) atoms. The van der Waals surface area contributed by atoms with Gasteiger partial charge in [-0.05, 0) is 44.9 Å². The first kappa shape index (κ1) is 20.4. The summed E-state index contributed by atoms with van der Waals surface area (Å²) in [6.45, 7) is 3.94. The summed E-state index contributed by atoms with van der Waals surface area (Å²) in [7, 11) is -4.16. The maximum atomic E-state index is 13.9. The van der Waals surface area contributed by atoms with Crippen molar-refractivity contribution in [2.24, 2.45) is 5.92 Å². The van der Waals surface area contributed by atoms with Crippen LogP contribution < -0.4 is 5.32 Å². The monoisotopic (exact) mass is 413 g/mol. The van der Waals surface area contributed by atoms with Crippen LogP contribution in [0.25, 0.3) is 0 Å². The molecule has 1 amide bonds. The predicted molar refractivity (Wildman–Crippen MR) is 95.7 cm³/mol. The second kappa shape index (κ2) is 7.96. The highest BCUT2D eigenvalue weighted by molar-refractivity contribution is 7.89. The Kier molecular flexibility index (Phi) is 5.80. The molecule has 0 aliphatic carbocycles. The zero-order valence-electron chi connectivity index (χ0n) is 15.5. The van der Waals surface area contributed by atoms with Gasteiger partial charge in [-0.25, -0.2) is 17.2 Å². The molecule has 3 rings (SSSR count). The first-order valence-electron chi connectivity index (χ1n) is 8.85. The van der Waals surface area contributed by atoms with Gasteiger partial charge in [0, 0.05) is 31.1 Å². The summed E-state index contributed by atoms with van der Waals surface area (Å²) < 4.78 is 58.6. The van der Waals surface area contributed by atoms with E-state index in [0.29, 0.717) is 30.4 Å². The highest BCUT2D eigenvalue weighted by Gasteiger charge is 2.33. The van der Waals surface area contributed by atoms with E-state index >= 15 is 0 Å². The lowest BCUT2D eigenvalue weighted by molar-refractivity contribution is -0.126. The van der Waals surface area contributed by atoms with E-state index in [9.17, 15) is 22.0 Å². The van der Waals surface area contributed by atoms with Crippen molar-refractivity contribution in [1.29, 1.82) is 0 Å². The van der Waals surface area contributed by atoms with Gasteiger partial charge in [-0.15, -0.1) is 0 Å². The van der Waals surface area contributed by atoms with Crippen LogP contribution in [0.3, 0.4) is 0 Å². The molecule has 1 aromatic carbocycles. The van der Waals surface area contributed by atoms with Crippen LogP contribution in [0.4, 0.5) is 8.78 Å². The van der Waals surface area contributed by atoms with Crippen molar-refractivity contribution in [2.45, 2.75) is 38.1 Å². The fourth-order valence-electron chi connectivity index (χ4n) is 3.25. The Labute approximate surface area is 161 Å². The van der Waals surface area contributed by atoms with E-state index in [1.807, 2.05) is 0 Å². The molecule has 0 spiro atoms. The van der Waals surface area contributed by atoms with Crippen LogP contribution in [-0.4, -0.2) is 36.9 Å². The number of amides is 1. The maximum Gasteiger partial charge on any atom is 0.246 e. The van der Waals surface area contributed by atoms with Crippen LogP contribution in [-0.2, 0) is 21.4 Å². The quantitative estimate of drug-likeness (QED) is 0.812.